The smallest absolute Gasteiger partial charge is 0.300 e. The number of hydrogen-bond donors (Lipinski definition) is 3. The average molecular weight is 148 g/mol. The summed E-state index contributed by atoms with van der Waals surface area (Å²) in [5.41, 5.74) is 10.4. The molecule has 0 rings (SSSR count). The summed E-state index contributed by atoms with van der Waals surface area (Å²) in [7, 11) is 0. The second-order valence-electron chi connectivity index (χ2n) is 1.97. The van der Waals surface area contributed by atoms with Crippen molar-refractivity contribution in [2.24, 2.45) is 11.5 Å². The summed E-state index contributed by atoms with van der Waals surface area (Å²) in [5, 5.41) is 7.42. The molecule has 0 heterocycles. The van der Waals surface area contributed by atoms with E-state index in [0.717, 1.165) is 19.8 Å². The summed E-state index contributed by atoms with van der Waals surface area (Å²) in [6.45, 7) is 3.15. The molecule has 0 amide bonds. The number of carboxylic acids is 1. The minimum absolute atomic E-state index is 0.102. The molecule has 0 aliphatic rings. The summed E-state index contributed by atoms with van der Waals surface area (Å²) >= 11 is 0. The van der Waals surface area contributed by atoms with Crippen LogP contribution < -0.4 is 11.5 Å². The molecule has 0 aromatic carbocycles. The first-order valence-electron chi connectivity index (χ1n) is 3.21. The van der Waals surface area contributed by atoms with Crippen molar-refractivity contribution in [3.8, 4) is 0 Å². The predicted octanol–water partition coefficient (Wildman–Crippen LogP) is 0.121. The van der Waals surface area contributed by atoms with Gasteiger partial charge in [-0.3, -0.25) is 4.79 Å². The standard InChI is InChI=1S/C4H12N2.C2H4O2/c1-2-3-4(5)6;1-2(3)4/h4H,2-3,5-6H2,1H3;1H3,(H,3,4). The molecule has 0 aliphatic carbocycles. The summed E-state index contributed by atoms with van der Waals surface area (Å²) < 4.78 is 0. The Morgan fingerprint density at radius 1 is 1.60 bits per heavy atom. The number of carbonyl (C=O) groups is 1. The minimum Gasteiger partial charge on any atom is -0.481 e. The van der Waals surface area contributed by atoms with Crippen LogP contribution in [0.2, 0.25) is 0 Å². The van der Waals surface area contributed by atoms with Gasteiger partial charge in [-0.1, -0.05) is 13.3 Å². The van der Waals surface area contributed by atoms with Gasteiger partial charge in [-0.2, -0.15) is 0 Å². The summed E-state index contributed by atoms with van der Waals surface area (Å²) in [6, 6.07) is 0. The lowest BCUT2D eigenvalue weighted by atomic mass is 10.3. The fourth-order valence-electron chi connectivity index (χ4n) is 0.333. The lowest BCUT2D eigenvalue weighted by molar-refractivity contribution is -0.134. The summed E-state index contributed by atoms with van der Waals surface area (Å²) in [4.78, 5) is 9.00. The molecule has 0 fully saturated rings. The minimum atomic E-state index is -0.833. The molecule has 0 bridgehead atoms. The first-order chi connectivity index (χ1) is 4.50. The Balaban J connectivity index is 0. The third-order valence-corrected chi connectivity index (χ3v) is 0.622. The molecule has 4 heteroatoms. The molecule has 0 aromatic heterocycles. The maximum absolute atomic E-state index is 9.00. The zero-order valence-corrected chi connectivity index (χ0v) is 6.50. The molecule has 0 spiro atoms. The van der Waals surface area contributed by atoms with Crippen LogP contribution in [0.5, 0.6) is 0 Å². The van der Waals surface area contributed by atoms with Crippen LogP contribution in [0, 0.1) is 0 Å². The van der Waals surface area contributed by atoms with Crippen LogP contribution in [-0.2, 0) is 4.79 Å². The van der Waals surface area contributed by atoms with Crippen molar-refractivity contribution in [2.45, 2.75) is 32.9 Å². The van der Waals surface area contributed by atoms with Crippen LogP contribution in [0.3, 0.4) is 0 Å². The third kappa shape index (κ3) is 52.8. The second-order valence-corrected chi connectivity index (χ2v) is 1.97. The Kier molecular flexibility index (Phi) is 10.2. The molecule has 0 atom stereocenters. The van der Waals surface area contributed by atoms with Crippen molar-refractivity contribution >= 4 is 5.97 Å². The van der Waals surface area contributed by atoms with Crippen molar-refractivity contribution in [3.63, 3.8) is 0 Å². The highest BCUT2D eigenvalue weighted by atomic mass is 16.4. The largest absolute Gasteiger partial charge is 0.481 e. The van der Waals surface area contributed by atoms with Crippen molar-refractivity contribution in [1.29, 1.82) is 0 Å². The van der Waals surface area contributed by atoms with Gasteiger partial charge in [-0.15, -0.1) is 0 Å². The number of carboxylic acid groups (broad SMARTS) is 1. The van der Waals surface area contributed by atoms with E-state index in [1.807, 2.05) is 0 Å². The van der Waals surface area contributed by atoms with Gasteiger partial charge in [0.1, 0.15) is 0 Å². The molecule has 10 heavy (non-hydrogen) atoms. The highest BCUT2D eigenvalue weighted by molar-refractivity contribution is 5.62. The van der Waals surface area contributed by atoms with Crippen LogP contribution in [-0.4, -0.2) is 17.2 Å². The van der Waals surface area contributed by atoms with E-state index in [9.17, 15) is 0 Å². The number of hydrogen-bond acceptors (Lipinski definition) is 3. The van der Waals surface area contributed by atoms with Gasteiger partial charge in [-0.25, -0.2) is 0 Å². The summed E-state index contributed by atoms with van der Waals surface area (Å²) in [6.07, 6.45) is 1.91. The van der Waals surface area contributed by atoms with Gasteiger partial charge in [0.2, 0.25) is 0 Å². The van der Waals surface area contributed by atoms with Crippen molar-refractivity contribution in [3.05, 3.63) is 0 Å². The van der Waals surface area contributed by atoms with E-state index in [2.05, 4.69) is 6.92 Å². The molecule has 4 nitrogen and oxygen atoms in total. The van der Waals surface area contributed by atoms with E-state index in [4.69, 9.17) is 21.4 Å². The molecule has 0 saturated heterocycles. The van der Waals surface area contributed by atoms with E-state index in [1.54, 1.807) is 0 Å². The Bertz CT molecular complexity index is 79.8. The molecular formula is C6H16N2O2. The molecule has 0 aliphatic heterocycles. The van der Waals surface area contributed by atoms with Crippen LogP contribution in [0.25, 0.3) is 0 Å². The topological polar surface area (TPSA) is 89.3 Å². The second kappa shape index (κ2) is 8.39. The maximum atomic E-state index is 9.00. The van der Waals surface area contributed by atoms with Crippen molar-refractivity contribution in [2.75, 3.05) is 0 Å². The zero-order chi connectivity index (χ0) is 8.57. The quantitative estimate of drug-likeness (QED) is 0.485. The summed E-state index contributed by atoms with van der Waals surface area (Å²) in [5.74, 6) is -0.833. The van der Waals surface area contributed by atoms with E-state index in [1.165, 1.54) is 0 Å². The molecule has 0 saturated carbocycles. The first-order valence-corrected chi connectivity index (χ1v) is 3.21. The van der Waals surface area contributed by atoms with Crippen LogP contribution >= 0.6 is 0 Å². The highest BCUT2D eigenvalue weighted by Gasteiger charge is 1.85. The normalized spacial score (nSPS) is 8.50. The van der Waals surface area contributed by atoms with Gasteiger partial charge >= 0.3 is 0 Å². The van der Waals surface area contributed by atoms with Gasteiger partial charge in [0, 0.05) is 6.92 Å². The Hall–Kier alpha value is -0.610. The van der Waals surface area contributed by atoms with Crippen LogP contribution in [0.4, 0.5) is 0 Å². The number of rotatable bonds is 2. The van der Waals surface area contributed by atoms with Gasteiger partial charge in [0.15, 0.2) is 0 Å². The number of aliphatic carboxylic acids is 1. The van der Waals surface area contributed by atoms with Crippen LogP contribution in [0.15, 0.2) is 0 Å². The average Bonchev–Trinajstić information content (AvgIpc) is 1.62. The van der Waals surface area contributed by atoms with E-state index >= 15 is 0 Å². The van der Waals surface area contributed by atoms with Crippen LogP contribution in [0.1, 0.15) is 26.7 Å². The van der Waals surface area contributed by atoms with Crippen molar-refractivity contribution in [1.82, 2.24) is 0 Å². The number of nitrogens with two attached hydrogens (primary N) is 2. The fraction of sp³-hybridized carbons (Fsp3) is 0.833. The molecule has 62 valence electrons. The van der Waals surface area contributed by atoms with Gasteiger partial charge in [-0.05, 0) is 6.42 Å². The van der Waals surface area contributed by atoms with E-state index in [0.29, 0.717) is 0 Å². The van der Waals surface area contributed by atoms with Gasteiger partial charge < -0.3 is 16.6 Å². The predicted molar refractivity (Wildman–Crippen MR) is 40.4 cm³/mol. The third-order valence-electron chi connectivity index (χ3n) is 0.622. The zero-order valence-electron chi connectivity index (χ0n) is 6.50. The first kappa shape index (κ1) is 12.1. The van der Waals surface area contributed by atoms with Crippen molar-refractivity contribution < 1.29 is 9.90 Å². The Labute approximate surface area is 61.2 Å². The fourth-order valence-corrected chi connectivity index (χ4v) is 0.333. The van der Waals surface area contributed by atoms with E-state index < -0.39 is 5.97 Å². The monoisotopic (exact) mass is 148 g/mol. The maximum Gasteiger partial charge on any atom is 0.300 e. The van der Waals surface area contributed by atoms with Gasteiger partial charge in [0.05, 0.1) is 6.17 Å². The SMILES string of the molecule is CC(=O)O.CCCC(N)N. The Morgan fingerprint density at radius 2 is 1.90 bits per heavy atom. The lowest BCUT2D eigenvalue weighted by Crippen LogP contribution is -2.29. The Morgan fingerprint density at radius 3 is 1.90 bits per heavy atom. The molecular weight excluding hydrogens is 132 g/mol. The molecule has 0 unspecified atom stereocenters. The highest BCUT2D eigenvalue weighted by Crippen LogP contribution is 1.82. The lowest BCUT2D eigenvalue weighted by Gasteiger charge is -1.97. The molecule has 0 aromatic rings. The van der Waals surface area contributed by atoms with E-state index in [-0.39, 0.29) is 6.17 Å². The molecule has 0 radical (unpaired) electrons. The van der Waals surface area contributed by atoms with Gasteiger partial charge in [0.25, 0.3) is 5.97 Å². The molecule has 5 N–H and O–H groups in total.